The summed E-state index contributed by atoms with van der Waals surface area (Å²) in [5.41, 5.74) is 4.62. The monoisotopic (exact) mass is 335 g/mol. The molecule has 0 bridgehead atoms. The van der Waals surface area contributed by atoms with Crippen molar-refractivity contribution in [2.24, 2.45) is 4.99 Å². The van der Waals surface area contributed by atoms with E-state index in [2.05, 4.69) is 64.6 Å². The summed E-state index contributed by atoms with van der Waals surface area (Å²) in [5, 5.41) is 3.42. The smallest absolute Gasteiger partial charge is 0.193 e. The average molecular weight is 335 g/mol. The van der Waals surface area contributed by atoms with Crippen molar-refractivity contribution in [2.75, 3.05) is 20.6 Å². The maximum Gasteiger partial charge on any atom is 0.193 e. The molecule has 0 atom stereocenters. The van der Waals surface area contributed by atoms with Crippen molar-refractivity contribution in [3.05, 3.63) is 71.7 Å². The lowest BCUT2D eigenvalue weighted by Crippen LogP contribution is -2.39. The molecule has 25 heavy (non-hydrogen) atoms. The number of rotatable bonds is 5. The van der Waals surface area contributed by atoms with Gasteiger partial charge in [0.2, 0.25) is 0 Å². The van der Waals surface area contributed by atoms with E-state index < -0.39 is 0 Å². The summed E-state index contributed by atoms with van der Waals surface area (Å²) in [4.78, 5) is 11.1. The summed E-state index contributed by atoms with van der Waals surface area (Å²) in [6.45, 7) is 3.73. The van der Waals surface area contributed by atoms with Crippen molar-refractivity contribution in [1.82, 2.24) is 19.6 Å². The number of hydrogen-bond acceptors (Lipinski definition) is 2. The van der Waals surface area contributed by atoms with Crippen molar-refractivity contribution in [1.29, 1.82) is 0 Å². The number of aromatic nitrogens is 2. The molecule has 0 aliphatic rings. The van der Waals surface area contributed by atoms with E-state index in [0.29, 0.717) is 0 Å². The van der Waals surface area contributed by atoms with E-state index in [1.807, 2.05) is 35.8 Å². The summed E-state index contributed by atoms with van der Waals surface area (Å²) in [6.07, 6.45) is 4.96. The van der Waals surface area contributed by atoms with Crippen molar-refractivity contribution in [3.8, 4) is 0 Å². The van der Waals surface area contributed by atoms with Crippen LogP contribution in [0.15, 0.2) is 59.9 Å². The molecule has 0 unspecified atom stereocenters. The van der Waals surface area contributed by atoms with Crippen molar-refractivity contribution >= 4 is 11.6 Å². The first-order chi connectivity index (χ1) is 12.2. The summed E-state index contributed by atoms with van der Waals surface area (Å²) in [5.74, 6) is 0.893. The molecule has 1 N–H and O–H groups in total. The minimum absolute atomic E-state index is 0.800. The van der Waals surface area contributed by atoms with Crippen LogP contribution in [-0.4, -0.2) is 40.9 Å². The van der Waals surface area contributed by atoms with Gasteiger partial charge in [0.25, 0.3) is 0 Å². The molecular formula is C20H25N5. The number of benzene rings is 1. The first-order valence-electron chi connectivity index (χ1n) is 8.55. The Kier molecular flexibility index (Phi) is 5.33. The zero-order chi connectivity index (χ0) is 17.6. The molecule has 0 amide bonds. The zero-order valence-electron chi connectivity index (χ0n) is 15.1. The molecule has 130 valence electrons. The third kappa shape index (κ3) is 4.38. The molecule has 5 heteroatoms. The third-order valence-corrected chi connectivity index (χ3v) is 4.19. The molecule has 0 fully saturated rings. The van der Waals surface area contributed by atoms with Gasteiger partial charge in [-0.1, -0.05) is 35.9 Å². The van der Waals surface area contributed by atoms with Crippen LogP contribution in [0.1, 0.15) is 16.8 Å². The van der Waals surface area contributed by atoms with E-state index in [9.17, 15) is 0 Å². The number of aliphatic imine (C=N–C) groups is 1. The Morgan fingerprint density at radius 2 is 2.00 bits per heavy atom. The number of pyridine rings is 1. The molecule has 2 heterocycles. The molecule has 3 rings (SSSR count). The van der Waals surface area contributed by atoms with Crippen LogP contribution in [-0.2, 0) is 13.0 Å². The minimum Gasteiger partial charge on any atom is -0.356 e. The van der Waals surface area contributed by atoms with E-state index in [0.717, 1.165) is 36.8 Å². The summed E-state index contributed by atoms with van der Waals surface area (Å²) in [7, 11) is 3.87. The first kappa shape index (κ1) is 17.0. The van der Waals surface area contributed by atoms with Gasteiger partial charge in [-0.25, -0.2) is 4.98 Å². The Morgan fingerprint density at radius 1 is 1.20 bits per heavy atom. The van der Waals surface area contributed by atoms with Crippen LogP contribution in [0.4, 0.5) is 0 Å². The molecule has 0 saturated heterocycles. The fraction of sp³-hybridized carbons (Fsp3) is 0.300. The topological polar surface area (TPSA) is 44.9 Å². The lowest BCUT2D eigenvalue weighted by atomic mass is 10.1. The van der Waals surface area contributed by atoms with Crippen molar-refractivity contribution < 1.29 is 0 Å². The quantitative estimate of drug-likeness (QED) is 0.576. The lowest BCUT2D eigenvalue weighted by Gasteiger charge is -2.22. The van der Waals surface area contributed by atoms with Crippen LogP contribution < -0.4 is 5.32 Å². The number of aryl methyl sites for hydroxylation is 1. The van der Waals surface area contributed by atoms with Crippen LogP contribution in [0, 0.1) is 6.92 Å². The molecule has 5 nitrogen and oxygen atoms in total. The Labute approximate surface area is 149 Å². The van der Waals surface area contributed by atoms with Crippen LogP contribution in [0.2, 0.25) is 0 Å². The van der Waals surface area contributed by atoms with Crippen LogP contribution in [0.5, 0.6) is 0 Å². The molecule has 0 radical (unpaired) electrons. The SMILES string of the molecule is CN=C(NCCc1cn2ccccc2n1)N(C)Cc1ccc(C)cc1. The minimum atomic E-state index is 0.800. The third-order valence-electron chi connectivity index (χ3n) is 4.19. The van der Waals surface area contributed by atoms with E-state index in [-0.39, 0.29) is 0 Å². The predicted molar refractivity (Wildman–Crippen MR) is 103 cm³/mol. The second-order valence-electron chi connectivity index (χ2n) is 6.26. The number of guanidine groups is 1. The van der Waals surface area contributed by atoms with E-state index in [1.165, 1.54) is 11.1 Å². The number of fused-ring (bicyclic) bond motifs is 1. The maximum absolute atomic E-state index is 4.63. The van der Waals surface area contributed by atoms with Gasteiger partial charge in [0, 0.05) is 46.0 Å². The highest BCUT2D eigenvalue weighted by Gasteiger charge is 2.07. The summed E-state index contributed by atoms with van der Waals surface area (Å²) in [6, 6.07) is 14.6. The van der Waals surface area contributed by atoms with Gasteiger partial charge in [0.1, 0.15) is 5.65 Å². The highest BCUT2D eigenvalue weighted by molar-refractivity contribution is 5.79. The van der Waals surface area contributed by atoms with Gasteiger partial charge in [-0.15, -0.1) is 0 Å². The van der Waals surface area contributed by atoms with Crippen LogP contribution >= 0.6 is 0 Å². The fourth-order valence-electron chi connectivity index (χ4n) is 2.84. The average Bonchev–Trinajstić information content (AvgIpc) is 3.03. The number of nitrogens with one attached hydrogen (secondary N) is 1. The summed E-state index contributed by atoms with van der Waals surface area (Å²) < 4.78 is 2.05. The highest BCUT2D eigenvalue weighted by Crippen LogP contribution is 2.07. The van der Waals surface area contributed by atoms with Crippen LogP contribution in [0.25, 0.3) is 5.65 Å². The fourth-order valence-corrected chi connectivity index (χ4v) is 2.84. The molecule has 0 aliphatic heterocycles. The number of imidazole rings is 1. The van der Waals surface area contributed by atoms with E-state index in [1.54, 1.807) is 0 Å². The second kappa shape index (κ2) is 7.83. The largest absolute Gasteiger partial charge is 0.356 e. The standard InChI is InChI=1S/C20H25N5/c1-16-7-9-17(10-8-16)14-24(3)20(21-2)22-12-11-18-15-25-13-5-4-6-19(25)23-18/h4-10,13,15H,11-12,14H2,1-3H3,(H,21,22). The maximum atomic E-state index is 4.63. The number of nitrogens with zero attached hydrogens (tertiary/aromatic N) is 4. The Bertz CT molecular complexity index is 815. The second-order valence-corrected chi connectivity index (χ2v) is 6.26. The van der Waals surface area contributed by atoms with Gasteiger partial charge >= 0.3 is 0 Å². The van der Waals surface area contributed by atoms with Gasteiger partial charge in [-0.2, -0.15) is 0 Å². The molecule has 0 aliphatic carbocycles. The van der Waals surface area contributed by atoms with Crippen LogP contribution in [0.3, 0.4) is 0 Å². The molecular weight excluding hydrogens is 310 g/mol. The van der Waals surface area contributed by atoms with Crippen molar-refractivity contribution in [3.63, 3.8) is 0 Å². The highest BCUT2D eigenvalue weighted by atomic mass is 15.3. The van der Waals surface area contributed by atoms with E-state index in [4.69, 9.17) is 0 Å². The molecule has 0 spiro atoms. The summed E-state index contributed by atoms with van der Waals surface area (Å²) >= 11 is 0. The normalized spacial score (nSPS) is 11.7. The number of hydrogen-bond donors (Lipinski definition) is 1. The predicted octanol–water partition coefficient (Wildman–Crippen LogP) is 2.89. The molecule has 0 saturated carbocycles. The Morgan fingerprint density at radius 3 is 2.72 bits per heavy atom. The van der Waals surface area contributed by atoms with Gasteiger partial charge in [0.05, 0.1) is 5.69 Å². The van der Waals surface area contributed by atoms with E-state index >= 15 is 0 Å². The zero-order valence-corrected chi connectivity index (χ0v) is 15.1. The van der Waals surface area contributed by atoms with Crippen molar-refractivity contribution in [2.45, 2.75) is 19.9 Å². The lowest BCUT2D eigenvalue weighted by molar-refractivity contribution is 0.477. The van der Waals surface area contributed by atoms with Gasteiger partial charge in [0.15, 0.2) is 5.96 Å². The van der Waals surface area contributed by atoms with Gasteiger partial charge in [-0.3, -0.25) is 4.99 Å². The Balaban J connectivity index is 1.54. The van der Waals surface area contributed by atoms with Gasteiger partial charge < -0.3 is 14.6 Å². The molecule has 3 aromatic rings. The molecule has 1 aromatic carbocycles. The van der Waals surface area contributed by atoms with Gasteiger partial charge in [-0.05, 0) is 24.6 Å². The first-order valence-corrected chi connectivity index (χ1v) is 8.55. The Hall–Kier alpha value is -2.82. The molecule has 2 aromatic heterocycles.